The van der Waals surface area contributed by atoms with Gasteiger partial charge in [-0.05, 0) is 57.9 Å². The van der Waals surface area contributed by atoms with Crippen LogP contribution >= 0.6 is 0 Å². The van der Waals surface area contributed by atoms with E-state index in [1.165, 1.54) is 39.0 Å². The van der Waals surface area contributed by atoms with Crippen LogP contribution in [0.4, 0.5) is 5.69 Å². The summed E-state index contributed by atoms with van der Waals surface area (Å²) in [5.41, 5.74) is 4.44. The molecule has 5 nitrogen and oxygen atoms in total. The minimum atomic E-state index is -0.208. The molecular formula is C23H31N3O2. The second-order valence-electron chi connectivity index (χ2n) is 8.00. The van der Waals surface area contributed by atoms with Crippen LogP contribution in [-0.2, 0) is 6.54 Å². The van der Waals surface area contributed by atoms with Gasteiger partial charge in [-0.25, -0.2) is 0 Å². The second kappa shape index (κ2) is 8.74. The SMILES string of the molecule is CC(=O)c1c(C)[nH]c(C(=O)Nc2ccccc2CN(C)C2CCCCC2)c1C. The van der Waals surface area contributed by atoms with E-state index < -0.39 is 0 Å². The van der Waals surface area contributed by atoms with Crippen LogP contribution in [0.1, 0.15) is 76.7 Å². The topological polar surface area (TPSA) is 65.2 Å². The van der Waals surface area contributed by atoms with E-state index in [-0.39, 0.29) is 11.7 Å². The first-order valence-corrected chi connectivity index (χ1v) is 10.2. The van der Waals surface area contributed by atoms with Crippen molar-refractivity contribution in [2.45, 2.75) is 65.5 Å². The highest BCUT2D eigenvalue weighted by Gasteiger charge is 2.22. The summed E-state index contributed by atoms with van der Waals surface area (Å²) in [5.74, 6) is -0.235. The molecule has 0 saturated heterocycles. The van der Waals surface area contributed by atoms with Crippen LogP contribution in [0.3, 0.4) is 0 Å². The van der Waals surface area contributed by atoms with Crippen molar-refractivity contribution in [1.29, 1.82) is 0 Å². The maximum Gasteiger partial charge on any atom is 0.272 e. The molecule has 2 N–H and O–H groups in total. The molecule has 1 saturated carbocycles. The largest absolute Gasteiger partial charge is 0.354 e. The number of carbonyl (C=O) groups excluding carboxylic acids is 2. The first-order valence-electron chi connectivity index (χ1n) is 10.2. The molecule has 1 aromatic carbocycles. The van der Waals surface area contributed by atoms with E-state index in [1.807, 2.05) is 32.0 Å². The van der Waals surface area contributed by atoms with Gasteiger partial charge in [-0.2, -0.15) is 0 Å². The highest BCUT2D eigenvalue weighted by atomic mass is 16.2. The van der Waals surface area contributed by atoms with E-state index in [1.54, 1.807) is 0 Å². The van der Waals surface area contributed by atoms with Crippen molar-refractivity contribution < 1.29 is 9.59 Å². The Morgan fingerprint density at radius 1 is 1.14 bits per heavy atom. The molecule has 3 rings (SSSR count). The number of nitrogens with zero attached hydrogens (tertiary/aromatic N) is 1. The number of benzene rings is 1. The lowest BCUT2D eigenvalue weighted by molar-refractivity contribution is 0.101. The molecule has 1 amide bonds. The zero-order chi connectivity index (χ0) is 20.3. The molecule has 0 aliphatic heterocycles. The van der Waals surface area contributed by atoms with Crippen LogP contribution in [0.2, 0.25) is 0 Å². The third kappa shape index (κ3) is 4.36. The zero-order valence-electron chi connectivity index (χ0n) is 17.4. The van der Waals surface area contributed by atoms with Gasteiger partial charge in [0, 0.05) is 29.5 Å². The van der Waals surface area contributed by atoms with E-state index in [2.05, 4.69) is 28.3 Å². The average molecular weight is 382 g/mol. The number of H-pyrrole nitrogens is 1. The lowest BCUT2D eigenvalue weighted by atomic mass is 9.94. The van der Waals surface area contributed by atoms with Gasteiger partial charge in [0.05, 0.1) is 0 Å². The van der Waals surface area contributed by atoms with Crippen LogP contribution in [0.5, 0.6) is 0 Å². The molecular weight excluding hydrogens is 350 g/mol. The average Bonchev–Trinajstić information content (AvgIpc) is 2.98. The molecule has 5 heteroatoms. The van der Waals surface area contributed by atoms with Gasteiger partial charge < -0.3 is 10.3 Å². The normalized spacial score (nSPS) is 15.0. The van der Waals surface area contributed by atoms with Gasteiger partial charge in [-0.15, -0.1) is 0 Å². The van der Waals surface area contributed by atoms with Crippen LogP contribution in [0.25, 0.3) is 0 Å². The fourth-order valence-corrected chi connectivity index (χ4v) is 4.39. The quantitative estimate of drug-likeness (QED) is 0.703. The van der Waals surface area contributed by atoms with E-state index in [9.17, 15) is 9.59 Å². The number of aryl methyl sites for hydroxylation is 1. The number of hydrogen-bond donors (Lipinski definition) is 2. The summed E-state index contributed by atoms with van der Waals surface area (Å²) in [6.45, 7) is 5.98. The first kappa shape index (κ1) is 20.3. The van der Waals surface area contributed by atoms with E-state index in [4.69, 9.17) is 0 Å². The molecule has 1 fully saturated rings. The predicted molar refractivity (Wildman–Crippen MR) is 113 cm³/mol. The number of aromatic amines is 1. The lowest BCUT2D eigenvalue weighted by Crippen LogP contribution is -2.33. The third-order valence-electron chi connectivity index (χ3n) is 5.90. The summed E-state index contributed by atoms with van der Waals surface area (Å²) in [4.78, 5) is 30.2. The van der Waals surface area contributed by atoms with Crippen LogP contribution in [0, 0.1) is 13.8 Å². The number of hydrogen-bond acceptors (Lipinski definition) is 3. The van der Waals surface area contributed by atoms with E-state index in [0.717, 1.165) is 23.5 Å². The molecule has 2 aromatic rings. The Morgan fingerprint density at radius 2 is 1.82 bits per heavy atom. The van der Waals surface area contributed by atoms with Gasteiger partial charge in [-0.1, -0.05) is 37.5 Å². The minimum absolute atomic E-state index is 0.0280. The molecule has 0 unspecified atom stereocenters. The highest BCUT2D eigenvalue weighted by molar-refractivity contribution is 6.07. The number of rotatable bonds is 6. The molecule has 150 valence electrons. The number of Topliss-reactive ketones (excluding diaryl/α,β-unsaturated/α-hetero) is 1. The number of nitrogens with one attached hydrogen (secondary N) is 2. The van der Waals surface area contributed by atoms with Gasteiger partial charge in [0.1, 0.15) is 5.69 Å². The summed E-state index contributed by atoms with van der Waals surface area (Å²) in [5, 5.41) is 3.05. The molecule has 0 bridgehead atoms. The molecule has 1 heterocycles. The number of ketones is 1. The van der Waals surface area contributed by atoms with Gasteiger partial charge in [0.15, 0.2) is 5.78 Å². The van der Waals surface area contributed by atoms with Crippen molar-refractivity contribution in [2.75, 3.05) is 12.4 Å². The number of amides is 1. The smallest absolute Gasteiger partial charge is 0.272 e. The second-order valence-corrected chi connectivity index (χ2v) is 8.00. The summed E-state index contributed by atoms with van der Waals surface area (Å²) in [7, 11) is 2.17. The number of para-hydroxylation sites is 1. The van der Waals surface area contributed by atoms with Crippen molar-refractivity contribution >= 4 is 17.4 Å². The Kier molecular flexibility index (Phi) is 6.35. The van der Waals surface area contributed by atoms with Crippen molar-refractivity contribution in [2.24, 2.45) is 0 Å². The zero-order valence-corrected chi connectivity index (χ0v) is 17.4. The lowest BCUT2D eigenvalue weighted by Gasteiger charge is -2.31. The molecule has 1 aromatic heterocycles. The maximum absolute atomic E-state index is 12.9. The first-order chi connectivity index (χ1) is 13.4. The number of anilines is 1. The van der Waals surface area contributed by atoms with Gasteiger partial charge in [0.25, 0.3) is 5.91 Å². The molecule has 28 heavy (non-hydrogen) atoms. The standard InChI is InChI=1S/C23H31N3O2/c1-15-21(17(3)27)16(2)24-22(15)23(28)25-20-13-9-8-10-18(20)14-26(4)19-11-6-5-7-12-19/h8-10,13,19,24H,5-7,11-12,14H2,1-4H3,(H,25,28). The van der Waals surface area contributed by atoms with Crippen molar-refractivity contribution in [3.8, 4) is 0 Å². The van der Waals surface area contributed by atoms with E-state index in [0.29, 0.717) is 22.9 Å². The Hall–Kier alpha value is -2.40. The monoisotopic (exact) mass is 381 g/mol. The summed E-state index contributed by atoms with van der Waals surface area (Å²) >= 11 is 0. The fourth-order valence-electron chi connectivity index (χ4n) is 4.39. The minimum Gasteiger partial charge on any atom is -0.354 e. The number of aromatic nitrogens is 1. The van der Waals surface area contributed by atoms with Gasteiger partial charge in [0.2, 0.25) is 0 Å². The van der Waals surface area contributed by atoms with Crippen molar-refractivity contribution in [3.05, 3.63) is 52.3 Å². The van der Waals surface area contributed by atoms with Crippen molar-refractivity contribution in [1.82, 2.24) is 9.88 Å². The van der Waals surface area contributed by atoms with Gasteiger partial charge >= 0.3 is 0 Å². The molecule has 0 spiro atoms. The molecule has 1 aliphatic carbocycles. The van der Waals surface area contributed by atoms with Crippen molar-refractivity contribution in [3.63, 3.8) is 0 Å². The van der Waals surface area contributed by atoms with Gasteiger partial charge in [-0.3, -0.25) is 14.5 Å². The Morgan fingerprint density at radius 3 is 2.46 bits per heavy atom. The predicted octanol–water partition coefficient (Wildman–Crippen LogP) is 4.85. The molecule has 1 aliphatic rings. The maximum atomic E-state index is 12.9. The van der Waals surface area contributed by atoms with Crippen LogP contribution < -0.4 is 5.32 Å². The van der Waals surface area contributed by atoms with Crippen LogP contribution in [0.15, 0.2) is 24.3 Å². The van der Waals surface area contributed by atoms with E-state index >= 15 is 0 Å². The highest BCUT2D eigenvalue weighted by Crippen LogP contribution is 2.26. The Bertz CT molecular complexity index is 863. The summed E-state index contributed by atoms with van der Waals surface area (Å²) < 4.78 is 0. The number of carbonyl (C=O) groups is 2. The third-order valence-corrected chi connectivity index (χ3v) is 5.90. The Balaban J connectivity index is 1.77. The van der Waals surface area contributed by atoms with Crippen LogP contribution in [-0.4, -0.2) is 34.7 Å². The molecule has 0 radical (unpaired) electrons. The Labute approximate surface area is 167 Å². The summed E-state index contributed by atoms with van der Waals surface area (Å²) in [6.07, 6.45) is 6.45. The molecule has 0 atom stereocenters. The fraction of sp³-hybridized carbons (Fsp3) is 0.478. The summed E-state index contributed by atoms with van der Waals surface area (Å²) in [6, 6.07) is 8.58.